The number of hydrogen-bond acceptors (Lipinski definition) is 7. The van der Waals surface area contributed by atoms with Gasteiger partial charge in [0.2, 0.25) is 0 Å². The molecule has 1 aliphatic rings. The largest absolute Gasteiger partial charge is 0.463 e. The average molecular weight is 482 g/mol. The maximum absolute atomic E-state index is 13.1. The summed E-state index contributed by atoms with van der Waals surface area (Å²) in [6, 6.07) is 10.4. The lowest BCUT2D eigenvalue weighted by molar-refractivity contribution is -0.139. The van der Waals surface area contributed by atoms with Crippen LogP contribution < -0.4 is 5.32 Å². The van der Waals surface area contributed by atoms with Gasteiger partial charge >= 0.3 is 12.0 Å². The van der Waals surface area contributed by atoms with Crippen LogP contribution in [0.3, 0.4) is 0 Å². The number of thioether (sulfide) groups is 1. The summed E-state index contributed by atoms with van der Waals surface area (Å²) in [4.78, 5) is 27.7. The first-order valence-electron chi connectivity index (χ1n) is 11.0. The number of rotatable bonds is 8. The molecule has 2 aromatic heterocycles. The molecule has 3 heterocycles. The van der Waals surface area contributed by atoms with Gasteiger partial charge in [0.25, 0.3) is 0 Å². The van der Waals surface area contributed by atoms with E-state index >= 15 is 0 Å². The van der Waals surface area contributed by atoms with Gasteiger partial charge < -0.3 is 14.6 Å². The molecule has 1 N–H and O–H groups in total. The Morgan fingerprint density at radius 1 is 1.15 bits per heavy atom. The number of hydrogen-bond donors (Lipinski definition) is 1. The van der Waals surface area contributed by atoms with Crippen molar-refractivity contribution in [2.24, 2.45) is 14.1 Å². The van der Waals surface area contributed by atoms with Crippen molar-refractivity contribution in [1.29, 1.82) is 0 Å². The quantitative estimate of drug-likeness (QED) is 0.389. The molecule has 2 amide bonds. The maximum atomic E-state index is 13.1. The van der Waals surface area contributed by atoms with Gasteiger partial charge in [-0.05, 0) is 25.5 Å². The third kappa shape index (κ3) is 4.43. The fraction of sp³-hybridized carbons (Fsp3) is 0.348. The lowest BCUT2D eigenvalue weighted by Gasteiger charge is -2.36. The Balaban J connectivity index is 1.72. The van der Waals surface area contributed by atoms with E-state index in [1.54, 1.807) is 22.7 Å². The number of ether oxygens (including phenoxy) is 1. The van der Waals surface area contributed by atoms with Crippen LogP contribution in [0.1, 0.15) is 25.5 Å². The van der Waals surface area contributed by atoms with Crippen molar-refractivity contribution < 1.29 is 14.3 Å². The van der Waals surface area contributed by atoms with Crippen molar-refractivity contribution in [1.82, 2.24) is 34.8 Å². The van der Waals surface area contributed by atoms with Crippen LogP contribution in [0.2, 0.25) is 0 Å². The molecule has 1 aromatic carbocycles. The molecule has 0 unspecified atom stereocenters. The molecule has 178 valence electrons. The molecule has 34 heavy (non-hydrogen) atoms. The topological polar surface area (TPSA) is 107 Å². The molecule has 0 fully saturated rings. The third-order valence-electron chi connectivity index (χ3n) is 5.61. The molecular formula is C23H27N7O3S. The van der Waals surface area contributed by atoms with Crippen LogP contribution >= 0.6 is 11.8 Å². The molecule has 0 saturated carbocycles. The highest BCUT2D eigenvalue weighted by Crippen LogP contribution is 2.34. The zero-order valence-corrected chi connectivity index (χ0v) is 20.4. The summed E-state index contributed by atoms with van der Waals surface area (Å²) < 4.78 is 9.01. The monoisotopic (exact) mass is 481 g/mol. The first-order chi connectivity index (χ1) is 16.5. The molecule has 0 aliphatic carbocycles. The normalized spacial score (nSPS) is 16.1. The van der Waals surface area contributed by atoms with Gasteiger partial charge in [0.05, 0.1) is 18.2 Å². The molecule has 1 atom stereocenters. The van der Waals surface area contributed by atoms with Gasteiger partial charge in [-0.1, -0.05) is 42.1 Å². The molecule has 4 rings (SSSR count). The standard InChI is InChI=1S/C23H27N7O3S/c1-5-30-17(14-34-23-27-26-20(28(23)3)16-12-13-24-29(16)4)18(21(31)33-6-2)19(25-22(30)32)15-10-8-7-9-11-15/h7-13,19H,5-6,14H2,1-4H3,(H,25,32)/t19-/m1/s1. The summed E-state index contributed by atoms with van der Waals surface area (Å²) in [6.45, 7) is 4.29. The van der Waals surface area contributed by atoms with E-state index in [2.05, 4.69) is 20.6 Å². The number of urea groups is 1. The first kappa shape index (κ1) is 23.6. The third-order valence-corrected chi connectivity index (χ3v) is 6.64. The summed E-state index contributed by atoms with van der Waals surface area (Å²) in [6.07, 6.45) is 1.71. The summed E-state index contributed by atoms with van der Waals surface area (Å²) in [5.41, 5.74) is 2.68. The Morgan fingerprint density at radius 3 is 2.56 bits per heavy atom. The van der Waals surface area contributed by atoms with E-state index in [0.717, 1.165) is 11.3 Å². The van der Waals surface area contributed by atoms with Crippen molar-refractivity contribution in [3.05, 3.63) is 59.4 Å². The van der Waals surface area contributed by atoms with Crippen molar-refractivity contribution >= 4 is 23.8 Å². The van der Waals surface area contributed by atoms with Crippen molar-refractivity contribution in [2.75, 3.05) is 18.9 Å². The summed E-state index contributed by atoms with van der Waals surface area (Å²) in [5, 5.41) is 16.5. The molecule has 10 nitrogen and oxygen atoms in total. The Kier molecular flexibility index (Phi) is 7.01. The number of nitrogens with zero attached hydrogens (tertiary/aromatic N) is 6. The van der Waals surface area contributed by atoms with Crippen molar-refractivity contribution in [3.8, 4) is 11.5 Å². The fourth-order valence-corrected chi connectivity index (χ4v) is 4.88. The van der Waals surface area contributed by atoms with Crippen LogP contribution in [0.4, 0.5) is 4.79 Å². The number of carbonyl (C=O) groups is 2. The van der Waals surface area contributed by atoms with Gasteiger partial charge in [-0.25, -0.2) is 9.59 Å². The molecule has 0 spiro atoms. The van der Waals surface area contributed by atoms with E-state index in [1.165, 1.54) is 11.8 Å². The van der Waals surface area contributed by atoms with Crippen LogP contribution in [-0.2, 0) is 23.6 Å². The first-order valence-corrected chi connectivity index (χ1v) is 12.0. The SMILES string of the molecule is CCOC(=O)C1=C(CSc2nnc(-c3ccnn3C)n2C)N(CC)C(=O)N[C@@H]1c1ccccc1. The van der Waals surface area contributed by atoms with Gasteiger partial charge in [-0.2, -0.15) is 5.10 Å². The molecule has 0 radical (unpaired) electrons. The van der Waals surface area contributed by atoms with E-state index in [4.69, 9.17) is 4.74 Å². The zero-order chi connectivity index (χ0) is 24.2. The van der Waals surface area contributed by atoms with Crippen LogP contribution in [0.5, 0.6) is 0 Å². The number of aryl methyl sites for hydroxylation is 1. The number of amides is 2. The lowest BCUT2D eigenvalue weighted by atomic mass is 9.95. The fourth-order valence-electron chi connectivity index (χ4n) is 3.93. The zero-order valence-electron chi connectivity index (χ0n) is 19.6. The van der Waals surface area contributed by atoms with Gasteiger partial charge in [-0.15, -0.1) is 10.2 Å². The molecule has 3 aromatic rings. The minimum Gasteiger partial charge on any atom is -0.463 e. The number of nitrogens with one attached hydrogen (secondary N) is 1. The highest BCUT2D eigenvalue weighted by Gasteiger charge is 2.37. The second-order valence-corrected chi connectivity index (χ2v) is 8.55. The Bertz CT molecular complexity index is 1220. The van der Waals surface area contributed by atoms with Gasteiger partial charge in [0.1, 0.15) is 5.69 Å². The maximum Gasteiger partial charge on any atom is 0.338 e. The Labute approximate surface area is 202 Å². The highest BCUT2D eigenvalue weighted by atomic mass is 32.2. The smallest absolute Gasteiger partial charge is 0.338 e. The van der Waals surface area contributed by atoms with E-state index in [9.17, 15) is 9.59 Å². The van der Waals surface area contributed by atoms with Crippen LogP contribution in [0.25, 0.3) is 11.5 Å². The van der Waals surface area contributed by atoms with Crippen LogP contribution in [-0.4, -0.2) is 60.3 Å². The summed E-state index contributed by atoms with van der Waals surface area (Å²) in [7, 11) is 3.72. The Hall–Kier alpha value is -3.60. The lowest BCUT2D eigenvalue weighted by Crippen LogP contribution is -2.49. The summed E-state index contributed by atoms with van der Waals surface area (Å²) >= 11 is 1.41. The minimum absolute atomic E-state index is 0.238. The van der Waals surface area contributed by atoms with Gasteiger partial charge in [0.15, 0.2) is 11.0 Å². The molecular weight excluding hydrogens is 454 g/mol. The average Bonchev–Trinajstić information content (AvgIpc) is 3.42. The Morgan fingerprint density at radius 2 is 1.91 bits per heavy atom. The molecule has 0 saturated heterocycles. The number of carbonyl (C=O) groups excluding carboxylic acids is 2. The number of aromatic nitrogens is 5. The van der Waals surface area contributed by atoms with Crippen molar-refractivity contribution in [2.45, 2.75) is 25.0 Å². The van der Waals surface area contributed by atoms with E-state index in [0.29, 0.717) is 34.5 Å². The molecule has 1 aliphatic heterocycles. The number of benzene rings is 1. The minimum atomic E-state index is -0.601. The van der Waals surface area contributed by atoms with Gasteiger partial charge in [-0.3, -0.25) is 9.58 Å². The second-order valence-electron chi connectivity index (χ2n) is 7.61. The summed E-state index contributed by atoms with van der Waals surface area (Å²) in [5.74, 6) is 0.577. The highest BCUT2D eigenvalue weighted by molar-refractivity contribution is 7.99. The molecule has 0 bridgehead atoms. The predicted molar refractivity (Wildman–Crippen MR) is 128 cm³/mol. The van der Waals surface area contributed by atoms with E-state index < -0.39 is 12.0 Å². The molecule has 11 heteroatoms. The van der Waals surface area contributed by atoms with Crippen LogP contribution in [0.15, 0.2) is 59.0 Å². The van der Waals surface area contributed by atoms with E-state index in [1.807, 2.05) is 62.0 Å². The predicted octanol–water partition coefficient (Wildman–Crippen LogP) is 2.91. The van der Waals surface area contributed by atoms with E-state index in [-0.39, 0.29) is 12.6 Å². The van der Waals surface area contributed by atoms with Crippen LogP contribution in [0, 0.1) is 0 Å². The van der Waals surface area contributed by atoms with Gasteiger partial charge in [0, 0.05) is 38.3 Å². The number of esters is 1. The second kappa shape index (κ2) is 10.1. The van der Waals surface area contributed by atoms with Crippen molar-refractivity contribution in [3.63, 3.8) is 0 Å².